The van der Waals surface area contributed by atoms with Crippen molar-refractivity contribution in [3.63, 3.8) is 0 Å². The third-order valence-electron chi connectivity index (χ3n) is 5.09. The van der Waals surface area contributed by atoms with Crippen LogP contribution >= 0.6 is 0 Å². The van der Waals surface area contributed by atoms with Gasteiger partial charge in [-0.2, -0.15) is 0 Å². The number of amides is 1. The van der Waals surface area contributed by atoms with Gasteiger partial charge < -0.3 is 24.8 Å². The van der Waals surface area contributed by atoms with Crippen molar-refractivity contribution < 1.29 is 54.9 Å². The van der Waals surface area contributed by atoms with Crippen LogP contribution in [-0.4, -0.2) is 24.0 Å². The van der Waals surface area contributed by atoms with E-state index in [1.54, 1.807) is 7.11 Å². The number of carbonyl (C=O) groups is 1. The molecule has 0 heterocycles. The summed E-state index contributed by atoms with van der Waals surface area (Å²) in [6.07, 6.45) is 0. The minimum Gasteiger partial charge on any atom is -1.00 e. The van der Waals surface area contributed by atoms with Crippen LogP contribution in [0.4, 0.5) is 0 Å². The van der Waals surface area contributed by atoms with Gasteiger partial charge in [-0.25, -0.2) is 0 Å². The quantitative estimate of drug-likeness (QED) is 0.466. The first-order chi connectivity index (χ1) is 10.7. The number of nitrogens with one attached hydrogen (secondary N) is 1. The SMILES string of the molecule is COc1ccccc1C(=O)[NH][Zr+2]([CH3])([CH3])[C]1=C(C)C(C)=C(C)C1C.[Cl-].[Cl-].[SiH4]. The molecule has 0 saturated carbocycles. The molecule has 26 heavy (non-hydrogen) atoms. The maximum atomic E-state index is 12.8. The Balaban J connectivity index is 0. The van der Waals surface area contributed by atoms with Gasteiger partial charge in [0.1, 0.15) is 0 Å². The molecule has 0 spiro atoms. The number of para-hydroxylation sites is 1. The summed E-state index contributed by atoms with van der Waals surface area (Å²) < 4.78 is 14.8. The van der Waals surface area contributed by atoms with Crippen LogP contribution in [0.5, 0.6) is 5.75 Å². The van der Waals surface area contributed by atoms with E-state index in [1.807, 2.05) is 24.3 Å². The van der Waals surface area contributed by atoms with Crippen LogP contribution in [0.3, 0.4) is 0 Å². The van der Waals surface area contributed by atoms with E-state index in [-0.39, 0.29) is 41.7 Å². The van der Waals surface area contributed by atoms with E-state index in [0.29, 0.717) is 17.2 Å². The van der Waals surface area contributed by atoms with Crippen molar-refractivity contribution in [3.8, 4) is 5.75 Å². The fourth-order valence-electron chi connectivity index (χ4n) is 3.62. The van der Waals surface area contributed by atoms with Gasteiger partial charge in [-0.3, -0.25) is 0 Å². The Kier molecular flexibility index (Phi) is 11.6. The molecule has 0 saturated heterocycles. The van der Waals surface area contributed by atoms with Gasteiger partial charge in [-0.15, -0.1) is 0 Å². The Labute approximate surface area is 179 Å². The van der Waals surface area contributed by atoms with Gasteiger partial charge in [0.2, 0.25) is 0 Å². The molecule has 1 aliphatic rings. The van der Waals surface area contributed by atoms with Crippen molar-refractivity contribution >= 4 is 16.9 Å². The van der Waals surface area contributed by atoms with Gasteiger partial charge in [0.05, 0.1) is 0 Å². The Morgan fingerprint density at radius 1 is 1.08 bits per heavy atom. The van der Waals surface area contributed by atoms with Crippen molar-refractivity contribution in [1.29, 1.82) is 0 Å². The predicted octanol–water partition coefficient (Wildman–Crippen LogP) is -2.59. The second-order valence-electron chi connectivity index (χ2n) is 6.85. The molecule has 1 aromatic rings. The van der Waals surface area contributed by atoms with Gasteiger partial charge in [-0.1, -0.05) is 0 Å². The minimum absolute atomic E-state index is 0. The van der Waals surface area contributed by atoms with Crippen molar-refractivity contribution in [1.82, 2.24) is 3.26 Å². The first-order valence-electron chi connectivity index (χ1n) is 8.05. The number of carbonyl (C=O) groups excluding carboxylic acids is 1. The number of methoxy groups -OCH3 is 1. The largest absolute Gasteiger partial charge is 1.00 e. The summed E-state index contributed by atoms with van der Waals surface area (Å²) in [6, 6.07) is 7.41. The van der Waals surface area contributed by atoms with Gasteiger partial charge >= 0.3 is 145 Å². The molecule has 0 fully saturated rings. The molecule has 0 radical (unpaired) electrons. The summed E-state index contributed by atoms with van der Waals surface area (Å²) in [7, 11) is 1.60. The number of ether oxygens (including phenoxy) is 1. The fraction of sp³-hybridized carbons (Fsp3) is 0.421. The van der Waals surface area contributed by atoms with Gasteiger partial charge in [-0.05, 0) is 11.0 Å². The number of hydrogen-bond donors (Lipinski definition) is 1. The molecular formula is C19H31Cl2NO2SiZr. The zero-order valence-electron chi connectivity index (χ0n) is 16.0. The average Bonchev–Trinajstić information content (AvgIpc) is 2.70. The van der Waals surface area contributed by atoms with E-state index < -0.39 is 20.6 Å². The average molecular weight is 496 g/mol. The van der Waals surface area contributed by atoms with Crippen molar-refractivity contribution in [2.45, 2.75) is 37.0 Å². The van der Waals surface area contributed by atoms with E-state index in [9.17, 15) is 4.79 Å². The number of allylic oxidation sites excluding steroid dienone is 4. The Hall–Kier alpha value is -0.350. The maximum Gasteiger partial charge on any atom is -0.0149 e. The van der Waals surface area contributed by atoms with Crippen molar-refractivity contribution in [3.05, 3.63) is 49.8 Å². The normalized spacial score (nSPS) is 15.7. The molecule has 0 aliphatic heterocycles. The number of rotatable bonds is 4. The standard InChI is InChI=1S/C9H13.C8H9NO2.2CH3.2ClH.H4Si.Zr/c1-6-5-7(2)9(4)8(6)3;1-11-7-5-3-2-4-6(7)8(9)10;;;;;;/h6H,1-4H3;2-5H,1H3,(H2,9,10);2*1H3;2*1H;1H4;/q;;;;;;;+3/p-3. The molecule has 1 atom stereocenters. The fourth-order valence-corrected chi connectivity index (χ4v) is 11.6. The molecule has 7 heteroatoms. The Morgan fingerprint density at radius 2 is 1.62 bits per heavy atom. The number of hydrogen-bond acceptors (Lipinski definition) is 2. The van der Waals surface area contributed by atoms with Crippen LogP contribution in [-0.2, 0) is 20.6 Å². The zero-order chi connectivity index (χ0) is 17.4. The first-order valence-corrected chi connectivity index (χ1v) is 15.4. The summed E-state index contributed by atoms with van der Waals surface area (Å²) >= 11 is -2.93. The predicted molar refractivity (Wildman–Crippen MR) is 104 cm³/mol. The van der Waals surface area contributed by atoms with Crippen LogP contribution < -0.4 is 32.8 Å². The van der Waals surface area contributed by atoms with E-state index >= 15 is 0 Å². The topological polar surface area (TPSA) is 38.3 Å². The molecule has 1 unspecified atom stereocenters. The van der Waals surface area contributed by atoms with Crippen molar-refractivity contribution in [2.24, 2.45) is 5.92 Å². The van der Waals surface area contributed by atoms with E-state index in [4.69, 9.17) is 4.74 Å². The third kappa shape index (κ3) is 5.34. The zero-order valence-corrected chi connectivity index (χ0v) is 19.9. The van der Waals surface area contributed by atoms with E-state index in [1.165, 1.54) is 20.0 Å². The van der Waals surface area contributed by atoms with Gasteiger partial charge in [0.25, 0.3) is 0 Å². The van der Waals surface area contributed by atoms with Gasteiger partial charge in [0.15, 0.2) is 0 Å². The first kappa shape index (κ1) is 27.9. The smallest absolute Gasteiger partial charge is 0.0149 e. The molecular weight excluding hydrogens is 464 g/mol. The van der Waals surface area contributed by atoms with Gasteiger partial charge in [0, 0.05) is 0 Å². The molecule has 146 valence electrons. The second-order valence-corrected chi connectivity index (χ2v) is 16.8. The van der Waals surface area contributed by atoms with Crippen LogP contribution in [0.15, 0.2) is 44.3 Å². The van der Waals surface area contributed by atoms with Crippen LogP contribution in [0, 0.1) is 5.92 Å². The Bertz CT molecular complexity index is 717. The maximum absolute atomic E-state index is 12.8. The summed E-state index contributed by atoms with van der Waals surface area (Å²) in [6.45, 7) is 8.86. The van der Waals surface area contributed by atoms with E-state index in [2.05, 4.69) is 40.2 Å². The van der Waals surface area contributed by atoms with Crippen LogP contribution in [0.25, 0.3) is 0 Å². The summed E-state index contributed by atoms with van der Waals surface area (Å²) in [5.41, 5.74) is 4.83. The minimum atomic E-state index is -2.93. The molecule has 2 rings (SSSR count). The molecule has 3 nitrogen and oxygen atoms in total. The second kappa shape index (κ2) is 10.8. The van der Waals surface area contributed by atoms with Crippen LogP contribution in [0.2, 0.25) is 9.26 Å². The number of halogens is 2. The molecule has 1 aromatic carbocycles. The Morgan fingerprint density at radius 3 is 2.08 bits per heavy atom. The molecule has 1 amide bonds. The molecule has 0 aromatic heterocycles. The number of benzene rings is 1. The van der Waals surface area contributed by atoms with Crippen LogP contribution in [0.1, 0.15) is 38.1 Å². The summed E-state index contributed by atoms with van der Waals surface area (Å²) in [5, 5.41) is 0. The van der Waals surface area contributed by atoms with E-state index in [0.717, 1.165) is 0 Å². The molecule has 1 aliphatic carbocycles. The molecule has 1 N–H and O–H groups in total. The van der Waals surface area contributed by atoms with Crippen molar-refractivity contribution in [2.75, 3.05) is 7.11 Å². The molecule has 0 bridgehead atoms. The monoisotopic (exact) mass is 493 g/mol. The third-order valence-corrected chi connectivity index (χ3v) is 12.5. The summed E-state index contributed by atoms with van der Waals surface area (Å²) in [4.78, 5) is 12.8. The summed E-state index contributed by atoms with van der Waals surface area (Å²) in [5.74, 6) is 1.06.